The Labute approximate surface area is 212 Å². The van der Waals surface area contributed by atoms with Crippen LogP contribution in [0.15, 0.2) is 11.6 Å². The molecule has 0 aromatic rings. The lowest BCUT2D eigenvalue weighted by Gasteiger charge is -2.60. The number of aliphatic hydroxyl groups excluding tert-OH is 2. The molecule has 3 fully saturated rings. The zero-order valence-corrected chi connectivity index (χ0v) is 21.8. The maximum Gasteiger partial charge on any atom is 0.303 e. The van der Waals surface area contributed by atoms with Gasteiger partial charge in [-0.1, -0.05) is 26.3 Å². The number of carbonyl (C=O) groups is 4. The summed E-state index contributed by atoms with van der Waals surface area (Å²) in [6.07, 6.45) is 6.76. The molecule has 7 atom stereocenters. The molecule has 0 aromatic carbocycles. The summed E-state index contributed by atoms with van der Waals surface area (Å²) in [6.45, 7) is 6.38. The molecular formula is C27H42O9. The molecule has 3 saturated carbocycles. The number of rotatable bonds is 4. The van der Waals surface area contributed by atoms with Crippen molar-refractivity contribution in [2.75, 3.05) is 6.61 Å². The molecule has 0 unspecified atom stereocenters. The lowest BCUT2D eigenvalue weighted by Crippen LogP contribution is -2.62. The van der Waals surface area contributed by atoms with E-state index < -0.39 is 41.4 Å². The second kappa shape index (κ2) is 11.5. The van der Waals surface area contributed by atoms with Crippen molar-refractivity contribution in [1.29, 1.82) is 0 Å². The van der Waals surface area contributed by atoms with E-state index in [1.165, 1.54) is 5.57 Å². The first-order valence-electron chi connectivity index (χ1n) is 12.9. The normalized spacial score (nSPS) is 38.5. The molecule has 204 valence electrons. The SMILES string of the molecule is CC(=O)O.CCCC(=O)O.C[C@]12CCC(=O)C=C1CC[C@@H]1[C@@H]2[C@@H](O)C[C@@]2(C)[C@H]1CC[C@]2(O)C(=O)CO. The Morgan fingerprint density at radius 1 is 1.08 bits per heavy atom. The van der Waals surface area contributed by atoms with Crippen LogP contribution >= 0.6 is 0 Å². The fraction of sp³-hybridized carbons (Fsp3) is 0.778. The topological polar surface area (TPSA) is 169 Å². The summed E-state index contributed by atoms with van der Waals surface area (Å²) < 4.78 is 0. The first-order chi connectivity index (χ1) is 16.7. The number of hydrogen-bond donors (Lipinski definition) is 5. The predicted octanol–water partition coefficient (Wildman–Crippen LogP) is 2.74. The van der Waals surface area contributed by atoms with Gasteiger partial charge in [-0.15, -0.1) is 0 Å². The highest BCUT2D eigenvalue weighted by Crippen LogP contribution is 2.67. The molecule has 0 saturated heterocycles. The Kier molecular flexibility index (Phi) is 9.64. The summed E-state index contributed by atoms with van der Waals surface area (Å²) in [6, 6.07) is 0. The van der Waals surface area contributed by atoms with Crippen molar-refractivity contribution in [3.05, 3.63) is 11.6 Å². The molecule has 0 radical (unpaired) electrons. The highest BCUT2D eigenvalue weighted by atomic mass is 16.4. The van der Waals surface area contributed by atoms with Crippen molar-refractivity contribution in [2.24, 2.45) is 28.6 Å². The average Bonchev–Trinajstić information content (AvgIpc) is 3.04. The summed E-state index contributed by atoms with van der Waals surface area (Å²) in [5.41, 5.74) is -1.23. The summed E-state index contributed by atoms with van der Waals surface area (Å²) in [5, 5.41) is 47.1. The first kappa shape index (κ1) is 30.1. The number of carboxylic acid groups (broad SMARTS) is 2. The molecule has 0 aromatic heterocycles. The van der Waals surface area contributed by atoms with Crippen LogP contribution in [0.25, 0.3) is 0 Å². The molecular weight excluding hydrogens is 468 g/mol. The average molecular weight is 511 g/mol. The number of aliphatic carboxylic acids is 2. The van der Waals surface area contributed by atoms with Crippen LogP contribution in [0.5, 0.6) is 0 Å². The van der Waals surface area contributed by atoms with Crippen molar-refractivity contribution in [2.45, 2.75) is 97.2 Å². The third-order valence-corrected chi connectivity index (χ3v) is 9.12. The zero-order valence-electron chi connectivity index (χ0n) is 21.8. The van der Waals surface area contributed by atoms with Crippen molar-refractivity contribution < 1.29 is 44.7 Å². The van der Waals surface area contributed by atoms with Crippen molar-refractivity contribution >= 4 is 23.5 Å². The summed E-state index contributed by atoms with van der Waals surface area (Å²) in [5.74, 6) is -1.40. The highest BCUT2D eigenvalue weighted by Gasteiger charge is 2.68. The van der Waals surface area contributed by atoms with E-state index in [0.717, 1.165) is 39.0 Å². The van der Waals surface area contributed by atoms with Gasteiger partial charge in [0.15, 0.2) is 11.6 Å². The predicted molar refractivity (Wildman–Crippen MR) is 131 cm³/mol. The lowest BCUT2D eigenvalue weighted by atomic mass is 9.45. The van der Waals surface area contributed by atoms with Crippen LogP contribution in [0, 0.1) is 28.6 Å². The quantitative estimate of drug-likeness (QED) is 0.381. The van der Waals surface area contributed by atoms with E-state index in [9.17, 15) is 29.7 Å². The number of aliphatic hydroxyl groups is 3. The fourth-order valence-corrected chi connectivity index (χ4v) is 7.49. The molecule has 0 amide bonds. The summed E-state index contributed by atoms with van der Waals surface area (Å²) in [4.78, 5) is 42.9. The molecule has 36 heavy (non-hydrogen) atoms. The van der Waals surface area contributed by atoms with Gasteiger partial charge in [0.2, 0.25) is 0 Å². The molecule has 9 heteroatoms. The van der Waals surface area contributed by atoms with Crippen LogP contribution in [0.1, 0.15) is 85.5 Å². The minimum Gasteiger partial charge on any atom is -0.481 e. The van der Waals surface area contributed by atoms with Gasteiger partial charge in [-0.25, -0.2) is 0 Å². The van der Waals surface area contributed by atoms with Gasteiger partial charge in [0.05, 0.1) is 6.10 Å². The number of hydrogen-bond acceptors (Lipinski definition) is 7. The number of allylic oxidation sites excluding steroid dienone is 1. The fourth-order valence-electron chi connectivity index (χ4n) is 7.49. The van der Waals surface area contributed by atoms with Gasteiger partial charge in [0, 0.05) is 25.2 Å². The number of carbonyl (C=O) groups excluding carboxylic acids is 2. The van der Waals surface area contributed by atoms with Gasteiger partial charge in [-0.05, 0) is 74.2 Å². The van der Waals surface area contributed by atoms with E-state index in [2.05, 4.69) is 6.92 Å². The third-order valence-electron chi connectivity index (χ3n) is 9.12. The molecule has 0 heterocycles. The molecule has 0 spiro atoms. The molecule has 5 N–H and O–H groups in total. The van der Waals surface area contributed by atoms with Crippen LogP contribution < -0.4 is 0 Å². The number of ketones is 2. The van der Waals surface area contributed by atoms with Gasteiger partial charge in [0.1, 0.15) is 12.2 Å². The molecule has 0 bridgehead atoms. The third kappa shape index (κ3) is 5.58. The minimum absolute atomic E-state index is 0.0697. The Hall–Kier alpha value is -2.10. The van der Waals surface area contributed by atoms with E-state index in [0.29, 0.717) is 25.7 Å². The first-order valence-corrected chi connectivity index (χ1v) is 12.9. The zero-order chi connectivity index (χ0) is 27.5. The van der Waals surface area contributed by atoms with Crippen LogP contribution in [0.2, 0.25) is 0 Å². The van der Waals surface area contributed by atoms with Crippen molar-refractivity contribution in [3.8, 4) is 0 Å². The van der Waals surface area contributed by atoms with E-state index in [-0.39, 0.29) is 29.0 Å². The molecule has 0 aliphatic heterocycles. The van der Waals surface area contributed by atoms with E-state index in [1.54, 1.807) is 6.08 Å². The summed E-state index contributed by atoms with van der Waals surface area (Å²) >= 11 is 0. The van der Waals surface area contributed by atoms with Gasteiger partial charge in [-0.3, -0.25) is 19.2 Å². The Morgan fingerprint density at radius 3 is 2.19 bits per heavy atom. The van der Waals surface area contributed by atoms with Gasteiger partial charge in [-0.2, -0.15) is 0 Å². The Balaban J connectivity index is 0.000000390. The Morgan fingerprint density at radius 2 is 1.69 bits per heavy atom. The van der Waals surface area contributed by atoms with Crippen molar-refractivity contribution in [3.63, 3.8) is 0 Å². The van der Waals surface area contributed by atoms with E-state index in [1.807, 2.05) is 13.8 Å². The maximum atomic E-state index is 12.4. The van der Waals surface area contributed by atoms with Crippen LogP contribution in [0.3, 0.4) is 0 Å². The largest absolute Gasteiger partial charge is 0.481 e. The summed E-state index contributed by atoms with van der Waals surface area (Å²) in [7, 11) is 0. The van der Waals surface area contributed by atoms with Crippen LogP contribution in [-0.4, -0.2) is 67.3 Å². The smallest absolute Gasteiger partial charge is 0.303 e. The lowest BCUT2D eigenvalue weighted by molar-refractivity contribution is -0.182. The van der Waals surface area contributed by atoms with E-state index in [4.69, 9.17) is 15.0 Å². The van der Waals surface area contributed by atoms with Gasteiger partial charge < -0.3 is 25.5 Å². The monoisotopic (exact) mass is 510 g/mol. The van der Waals surface area contributed by atoms with Crippen LogP contribution in [-0.2, 0) is 19.2 Å². The molecule has 4 rings (SSSR count). The molecule has 9 nitrogen and oxygen atoms in total. The minimum atomic E-state index is -1.54. The highest BCUT2D eigenvalue weighted by molar-refractivity contribution is 5.91. The van der Waals surface area contributed by atoms with Crippen molar-refractivity contribution in [1.82, 2.24) is 0 Å². The van der Waals surface area contributed by atoms with E-state index >= 15 is 0 Å². The number of fused-ring (bicyclic) bond motifs is 5. The second-order valence-corrected chi connectivity index (χ2v) is 11.2. The second-order valence-electron chi connectivity index (χ2n) is 11.2. The molecule has 4 aliphatic rings. The van der Waals surface area contributed by atoms with Gasteiger partial charge in [0.25, 0.3) is 5.97 Å². The number of carboxylic acids is 2. The number of Topliss-reactive ketones (excluding diaryl/α,β-unsaturated/α-hetero) is 1. The Bertz CT molecular complexity index is 892. The molecule has 4 aliphatic carbocycles. The standard InChI is InChI=1S/C21H30O5.C4H8O2.C2H4O2/c1-19-7-5-13(23)9-12(19)3-4-14-15-6-8-21(26,17(25)11-22)20(15,2)10-16(24)18(14)19;1-2-3-4(5)6;1-2(3)4/h9,14-16,18,22,24,26H,3-8,10-11H2,1-2H3;2-3H2,1H3,(H,5,6);1H3,(H,3,4)/t14-,15-,16-,18+,19-,20-,21-;;/m0../s1. The maximum absolute atomic E-state index is 12.4. The van der Waals surface area contributed by atoms with Crippen LogP contribution in [0.4, 0.5) is 0 Å². The van der Waals surface area contributed by atoms with Gasteiger partial charge >= 0.3 is 5.97 Å².